The van der Waals surface area contributed by atoms with Gasteiger partial charge in [-0.3, -0.25) is 4.79 Å². The number of anilines is 1. The van der Waals surface area contributed by atoms with Crippen LogP contribution in [0.4, 0.5) is 10.1 Å². The molecule has 0 aliphatic carbocycles. The topological polar surface area (TPSA) is 64.3 Å². The van der Waals surface area contributed by atoms with Crippen molar-refractivity contribution < 1.29 is 13.9 Å². The van der Waals surface area contributed by atoms with Crippen molar-refractivity contribution in [1.29, 1.82) is 0 Å². The van der Waals surface area contributed by atoms with E-state index in [0.717, 1.165) is 17.7 Å². The van der Waals surface area contributed by atoms with E-state index in [4.69, 9.17) is 10.5 Å². The summed E-state index contributed by atoms with van der Waals surface area (Å²) in [4.78, 5) is 11.7. The summed E-state index contributed by atoms with van der Waals surface area (Å²) in [5.74, 6) is -0.200. The first kappa shape index (κ1) is 19.8. The number of carbonyl (C=O) groups excluding carboxylic acids is 1. The first-order chi connectivity index (χ1) is 11.1. The molecule has 0 aliphatic rings. The van der Waals surface area contributed by atoms with Crippen molar-refractivity contribution in [3.8, 4) is 5.75 Å². The lowest BCUT2D eigenvalue weighted by atomic mass is 10.1. The monoisotopic (exact) mass is 352 g/mol. The van der Waals surface area contributed by atoms with E-state index in [1.807, 2.05) is 24.3 Å². The fourth-order valence-electron chi connectivity index (χ4n) is 2.10. The van der Waals surface area contributed by atoms with Crippen molar-refractivity contribution in [2.24, 2.45) is 0 Å². The number of rotatable bonds is 8. The molecular formula is C18H22ClFN2O2. The third-order valence-corrected chi connectivity index (χ3v) is 3.36. The standard InChI is InChI=1S/C18H21FN2O2.ClH/c19-16-4-1-2-5-17(16)23-13-3-6-18(22)21-12-11-14-7-9-15(20)10-8-14;/h1-2,4-5,7-10H,3,6,11-13,20H2,(H,21,22);1H. The molecule has 1 amide bonds. The average molecular weight is 353 g/mol. The van der Waals surface area contributed by atoms with Gasteiger partial charge < -0.3 is 15.8 Å². The minimum absolute atomic E-state index is 0. The molecule has 0 saturated heterocycles. The molecular weight excluding hydrogens is 331 g/mol. The smallest absolute Gasteiger partial charge is 0.220 e. The molecule has 0 spiro atoms. The van der Waals surface area contributed by atoms with E-state index in [9.17, 15) is 9.18 Å². The van der Waals surface area contributed by atoms with Crippen molar-refractivity contribution in [1.82, 2.24) is 5.32 Å². The van der Waals surface area contributed by atoms with Gasteiger partial charge in [0.2, 0.25) is 5.91 Å². The normalized spacial score (nSPS) is 9.88. The van der Waals surface area contributed by atoms with Crippen LogP contribution in [0.5, 0.6) is 5.75 Å². The van der Waals surface area contributed by atoms with Crippen LogP contribution in [-0.4, -0.2) is 19.1 Å². The number of benzene rings is 2. The molecule has 4 nitrogen and oxygen atoms in total. The van der Waals surface area contributed by atoms with E-state index >= 15 is 0 Å². The Labute approximate surface area is 147 Å². The van der Waals surface area contributed by atoms with Crippen molar-refractivity contribution in [2.45, 2.75) is 19.3 Å². The first-order valence-corrected chi connectivity index (χ1v) is 7.63. The number of nitrogens with two attached hydrogens (primary N) is 1. The zero-order valence-electron chi connectivity index (χ0n) is 13.3. The van der Waals surface area contributed by atoms with E-state index < -0.39 is 0 Å². The lowest BCUT2D eigenvalue weighted by Crippen LogP contribution is -2.25. The molecule has 0 atom stereocenters. The lowest BCUT2D eigenvalue weighted by molar-refractivity contribution is -0.121. The molecule has 0 fully saturated rings. The molecule has 0 bridgehead atoms. The van der Waals surface area contributed by atoms with Crippen molar-refractivity contribution in [3.63, 3.8) is 0 Å². The Morgan fingerprint density at radius 3 is 2.54 bits per heavy atom. The second-order valence-electron chi connectivity index (χ2n) is 5.22. The first-order valence-electron chi connectivity index (χ1n) is 7.63. The molecule has 0 aromatic heterocycles. The van der Waals surface area contributed by atoms with Gasteiger partial charge in [-0.2, -0.15) is 0 Å². The van der Waals surface area contributed by atoms with Crippen LogP contribution in [0, 0.1) is 5.82 Å². The fraction of sp³-hybridized carbons (Fsp3) is 0.278. The summed E-state index contributed by atoms with van der Waals surface area (Å²) in [6.07, 6.45) is 1.66. The van der Waals surface area contributed by atoms with E-state index in [0.29, 0.717) is 26.0 Å². The predicted molar refractivity (Wildman–Crippen MR) is 95.9 cm³/mol. The number of amides is 1. The number of hydrogen-bond donors (Lipinski definition) is 2. The molecule has 24 heavy (non-hydrogen) atoms. The van der Waals surface area contributed by atoms with Crippen LogP contribution in [0.1, 0.15) is 18.4 Å². The number of para-hydroxylation sites is 1. The van der Waals surface area contributed by atoms with Gasteiger partial charge in [0.15, 0.2) is 11.6 Å². The molecule has 0 saturated carbocycles. The molecule has 0 aliphatic heterocycles. The lowest BCUT2D eigenvalue weighted by Gasteiger charge is -2.08. The number of nitrogens with one attached hydrogen (secondary N) is 1. The molecule has 0 unspecified atom stereocenters. The van der Waals surface area contributed by atoms with Gasteiger partial charge in [0.25, 0.3) is 0 Å². The van der Waals surface area contributed by atoms with Crippen LogP contribution >= 0.6 is 12.4 Å². The molecule has 3 N–H and O–H groups in total. The average Bonchev–Trinajstić information content (AvgIpc) is 2.55. The van der Waals surface area contributed by atoms with Crippen LogP contribution in [0.25, 0.3) is 0 Å². The largest absolute Gasteiger partial charge is 0.491 e. The number of hydrogen-bond acceptors (Lipinski definition) is 3. The molecule has 2 rings (SSSR count). The Balaban J connectivity index is 0.00000288. The van der Waals surface area contributed by atoms with E-state index in [2.05, 4.69) is 5.32 Å². The summed E-state index contributed by atoms with van der Waals surface area (Å²) < 4.78 is 18.6. The highest BCUT2D eigenvalue weighted by molar-refractivity contribution is 5.85. The Kier molecular flexibility index (Phi) is 8.65. The van der Waals surface area contributed by atoms with Crippen molar-refractivity contribution >= 4 is 24.0 Å². The maximum atomic E-state index is 13.3. The maximum Gasteiger partial charge on any atom is 0.220 e. The predicted octanol–water partition coefficient (Wildman–Crippen LogP) is 3.35. The van der Waals surface area contributed by atoms with Gasteiger partial charge in [0.1, 0.15) is 0 Å². The summed E-state index contributed by atoms with van der Waals surface area (Å²) in [7, 11) is 0. The second-order valence-corrected chi connectivity index (χ2v) is 5.22. The Morgan fingerprint density at radius 1 is 1.12 bits per heavy atom. The highest BCUT2D eigenvalue weighted by Crippen LogP contribution is 2.15. The Hall–Kier alpha value is -2.27. The molecule has 0 radical (unpaired) electrons. The minimum atomic E-state index is -0.388. The number of halogens is 2. The highest BCUT2D eigenvalue weighted by atomic mass is 35.5. The molecule has 2 aromatic rings. The van der Waals surface area contributed by atoms with Crippen molar-refractivity contribution in [3.05, 3.63) is 59.9 Å². The Morgan fingerprint density at radius 2 is 1.83 bits per heavy atom. The zero-order valence-corrected chi connectivity index (χ0v) is 14.2. The van der Waals surface area contributed by atoms with Gasteiger partial charge in [-0.25, -0.2) is 4.39 Å². The van der Waals surface area contributed by atoms with Gasteiger partial charge in [0, 0.05) is 18.7 Å². The summed E-state index contributed by atoms with van der Waals surface area (Å²) in [5, 5.41) is 2.86. The maximum absolute atomic E-state index is 13.3. The third kappa shape index (κ3) is 6.87. The molecule has 2 aromatic carbocycles. The van der Waals surface area contributed by atoms with Gasteiger partial charge in [-0.05, 0) is 42.7 Å². The third-order valence-electron chi connectivity index (χ3n) is 3.36. The van der Waals surface area contributed by atoms with Crippen LogP contribution in [0.2, 0.25) is 0 Å². The molecule has 130 valence electrons. The van der Waals surface area contributed by atoms with Crippen LogP contribution in [0.15, 0.2) is 48.5 Å². The van der Waals surface area contributed by atoms with Crippen molar-refractivity contribution in [2.75, 3.05) is 18.9 Å². The highest BCUT2D eigenvalue weighted by Gasteiger charge is 2.04. The second kappa shape index (κ2) is 10.5. The number of nitrogen functional groups attached to an aromatic ring is 1. The minimum Gasteiger partial charge on any atom is -0.491 e. The van der Waals surface area contributed by atoms with Gasteiger partial charge in [0.05, 0.1) is 6.61 Å². The van der Waals surface area contributed by atoms with E-state index in [-0.39, 0.29) is 29.9 Å². The number of ether oxygens (including phenoxy) is 1. The van der Waals surface area contributed by atoms with Crippen LogP contribution in [0.3, 0.4) is 0 Å². The summed E-state index contributed by atoms with van der Waals surface area (Å²) in [6.45, 7) is 0.892. The molecule has 0 heterocycles. The van der Waals surface area contributed by atoms with Crippen LogP contribution < -0.4 is 15.8 Å². The zero-order chi connectivity index (χ0) is 16.5. The van der Waals surface area contributed by atoms with Gasteiger partial charge >= 0.3 is 0 Å². The summed E-state index contributed by atoms with van der Waals surface area (Å²) in [5.41, 5.74) is 7.47. The number of carbonyl (C=O) groups is 1. The Bertz CT molecular complexity index is 635. The van der Waals surface area contributed by atoms with Crippen LogP contribution in [-0.2, 0) is 11.2 Å². The van der Waals surface area contributed by atoms with E-state index in [1.165, 1.54) is 6.07 Å². The SMILES string of the molecule is Cl.Nc1ccc(CCNC(=O)CCCOc2ccccc2F)cc1. The molecule has 6 heteroatoms. The summed E-state index contributed by atoms with van der Waals surface area (Å²) >= 11 is 0. The quantitative estimate of drug-likeness (QED) is 0.565. The fourth-order valence-corrected chi connectivity index (χ4v) is 2.10. The summed E-state index contributed by atoms with van der Waals surface area (Å²) in [6, 6.07) is 13.8. The van der Waals surface area contributed by atoms with E-state index in [1.54, 1.807) is 18.2 Å². The van der Waals surface area contributed by atoms with Gasteiger partial charge in [-0.1, -0.05) is 24.3 Å². The van der Waals surface area contributed by atoms with Gasteiger partial charge in [-0.15, -0.1) is 12.4 Å².